The molecular weight excluding hydrogens is 532 g/mol. The molecule has 0 spiro atoms. The summed E-state index contributed by atoms with van der Waals surface area (Å²) >= 11 is 0. The van der Waals surface area contributed by atoms with E-state index < -0.39 is 65.4 Å². The molecule has 1 heterocycles. The van der Waals surface area contributed by atoms with E-state index in [2.05, 4.69) is 6.58 Å². The minimum absolute atomic E-state index is 0.00861. The maximum atomic E-state index is 13.6. The van der Waals surface area contributed by atoms with Crippen LogP contribution in [0.2, 0.25) is 0 Å². The normalized spacial score (nSPS) is 27.1. The van der Waals surface area contributed by atoms with Crippen LogP contribution < -0.4 is 0 Å². The molecular formula is C31H36O10. The number of fused-ring (bicyclic) bond motifs is 2. The van der Waals surface area contributed by atoms with Crippen molar-refractivity contribution in [3.63, 3.8) is 0 Å². The van der Waals surface area contributed by atoms with Crippen LogP contribution in [0.5, 0.6) is 0 Å². The van der Waals surface area contributed by atoms with Gasteiger partial charge < -0.3 is 23.7 Å². The Kier molecular flexibility index (Phi) is 8.16. The average molecular weight is 569 g/mol. The van der Waals surface area contributed by atoms with Crippen molar-refractivity contribution in [3.8, 4) is 0 Å². The van der Waals surface area contributed by atoms with Crippen molar-refractivity contribution < 1.29 is 47.7 Å². The number of carbonyl (C=O) groups is 5. The van der Waals surface area contributed by atoms with E-state index in [0.29, 0.717) is 17.6 Å². The largest absolute Gasteiger partial charge is 0.465 e. The second-order valence-corrected chi connectivity index (χ2v) is 11.0. The molecule has 10 nitrogen and oxygen atoms in total. The molecule has 1 aliphatic heterocycles. The highest BCUT2D eigenvalue weighted by Gasteiger charge is 2.68. The van der Waals surface area contributed by atoms with Crippen molar-refractivity contribution in [2.75, 3.05) is 6.61 Å². The molecule has 0 bridgehead atoms. The minimum atomic E-state index is -1.49. The van der Waals surface area contributed by atoms with Crippen LogP contribution in [0.3, 0.4) is 0 Å². The summed E-state index contributed by atoms with van der Waals surface area (Å²) in [6.07, 6.45) is -2.99. The van der Waals surface area contributed by atoms with Gasteiger partial charge in [0.05, 0.1) is 11.3 Å². The Bertz CT molecular complexity index is 1370. The number of rotatable bonds is 7. The van der Waals surface area contributed by atoms with Gasteiger partial charge in [0.15, 0.2) is 11.9 Å². The molecule has 1 saturated heterocycles. The van der Waals surface area contributed by atoms with E-state index in [1.807, 2.05) is 32.9 Å². The number of ether oxygens (including phenoxy) is 5. The second kappa shape index (κ2) is 11.1. The van der Waals surface area contributed by atoms with E-state index in [9.17, 15) is 24.0 Å². The minimum Gasteiger partial charge on any atom is -0.465 e. The zero-order valence-electron chi connectivity index (χ0n) is 24.5. The van der Waals surface area contributed by atoms with Gasteiger partial charge in [0, 0.05) is 38.7 Å². The van der Waals surface area contributed by atoms with Crippen molar-refractivity contribution in [3.05, 3.63) is 52.3 Å². The molecule has 4 rings (SSSR count). The summed E-state index contributed by atoms with van der Waals surface area (Å²) in [6, 6.07) is 3.84. The second-order valence-electron chi connectivity index (χ2n) is 11.0. The highest BCUT2D eigenvalue weighted by Crippen LogP contribution is 2.62. The van der Waals surface area contributed by atoms with Gasteiger partial charge in [0.1, 0.15) is 12.7 Å². The summed E-state index contributed by atoms with van der Waals surface area (Å²) in [4.78, 5) is 63.8. The maximum absolute atomic E-state index is 13.6. The zero-order chi connectivity index (χ0) is 30.4. The van der Waals surface area contributed by atoms with Gasteiger partial charge in [-0.15, -0.1) is 0 Å². The van der Waals surface area contributed by atoms with Crippen molar-refractivity contribution in [1.29, 1.82) is 0 Å². The average Bonchev–Trinajstić information content (AvgIpc) is 2.89. The third-order valence-electron chi connectivity index (χ3n) is 8.31. The third kappa shape index (κ3) is 5.04. The molecule has 0 amide bonds. The molecule has 1 aromatic carbocycles. The van der Waals surface area contributed by atoms with Crippen molar-refractivity contribution in [1.82, 2.24) is 0 Å². The van der Waals surface area contributed by atoms with Gasteiger partial charge in [-0.3, -0.25) is 19.2 Å². The molecule has 0 radical (unpaired) electrons. The maximum Gasteiger partial charge on any atom is 0.348 e. The van der Waals surface area contributed by atoms with Crippen LogP contribution >= 0.6 is 0 Å². The number of benzene rings is 1. The monoisotopic (exact) mass is 568 g/mol. The lowest BCUT2D eigenvalue weighted by atomic mass is 9.51. The predicted molar refractivity (Wildman–Crippen MR) is 145 cm³/mol. The summed E-state index contributed by atoms with van der Waals surface area (Å²) in [5.41, 5.74) is 2.40. The fraction of sp³-hybridized carbons (Fsp3) is 0.516. The number of esters is 5. The zero-order valence-corrected chi connectivity index (χ0v) is 24.5. The molecule has 3 aliphatic rings. The first-order valence-corrected chi connectivity index (χ1v) is 13.7. The summed E-state index contributed by atoms with van der Waals surface area (Å²) in [7, 11) is 0. The number of hydrogen-bond acceptors (Lipinski definition) is 10. The Morgan fingerprint density at radius 3 is 2.29 bits per heavy atom. The number of hydrogen-bond donors (Lipinski definition) is 0. The standard InChI is InChI=1S/C31H36O10/c1-9-14(2)29(35)41-28-24-17(5)26(38-19(7)33)27(39-20(8)34)25-23-16(4)11-10-15(3)21(23)12-22(40-30(28)36)31(24,25)13-37-18(6)32/h10-11,14,22,24,26,28H,5,9,12-13H2,1-4,6-8H3/t14?,22-,24-,26-,28-,31+/m1/s1. The Morgan fingerprint density at radius 2 is 1.71 bits per heavy atom. The van der Waals surface area contributed by atoms with Crippen LogP contribution in [-0.4, -0.2) is 54.8 Å². The van der Waals surface area contributed by atoms with E-state index in [-0.39, 0.29) is 24.4 Å². The molecule has 2 aliphatic carbocycles. The van der Waals surface area contributed by atoms with E-state index in [1.54, 1.807) is 6.92 Å². The molecule has 220 valence electrons. The van der Waals surface area contributed by atoms with Crippen molar-refractivity contribution in [2.45, 2.75) is 79.6 Å². The quantitative estimate of drug-likeness (QED) is 0.273. The van der Waals surface area contributed by atoms with Crippen LogP contribution in [-0.2, 0) is 54.1 Å². The Labute approximate surface area is 239 Å². The Hall–Kier alpha value is -3.95. The summed E-state index contributed by atoms with van der Waals surface area (Å²) in [5, 5.41) is 0. The van der Waals surface area contributed by atoms with Gasteiger partial charge in [0.25, 0.3) is 0 Å². The fourth-order valence-corrected chi connectivity index (χ4v) is 6.25. The summed E-state index contributed by atoms with van der Waals surface area (Å²) < 4.78 is 29.0. The molecule has 10 heteroatoms. The van der Waals surface area contributed by atoms with Gasteiger partial charge in [-0.1, -0.05) is 32.6 Å². The first-order valence-electron chi connectivity index (χ1n) is 13.7. The van der Waals surface area contributed by atoms with Gasteiger partial charge in [-0.25, -0.2) is 4.79 Å². The molecule has 0 saturated carbocycles. The molecule has 0 N–H and O–H groups in total. The van der Waals surface area contributed by atoms with Crippen LogP contribution in [0.4, 0.5) is 0 Å². The van der Waals surface area contributed by atoms with Crippen molar-refractivity contribution >= 4 is 35.4 Å². The highest BCUT2D eigenvalue weighted by atomic mass is 16.6. The van der Waals surface area contributed by atoms with Gasteiger partial charge in [0.2, 0.25) is 6.10 Å². The summed E-state index contributed by atoms with van der Waals surface area (Å²) in [6.45, 7) is 14.8. The smallest absolute Gasteiger partial charge is 0.348 e. The SMILES string of the molecule is C=C1[C@@H](OC(C)=O)C(OC(C)=O)=C2c3c(C)ccc(C)c3C[C@H]3OC(=O)[C@H](OC(=O)C(C)CC)[C@@H]1[C@@]23COC(C)=O. The third-order valence-corrected chi connectivity index (χ3v) is 8.31. The first-order chi connectivity index (χ1) is 19.2. The van der Waals surface area contributed by atoms with Crippen molar-refractivity contribution in [2.24, 2.45) is 17.3 Å². The van der Waals surface area contributed by atoms with E-state index >= 15 is 0 Å². The van der Waals surface area contributed by atoms with Gasteiger partial charge in [-0.05, 0) is 48.1 Å². The predicted octanol–water partition coefficient (Wildman–Crippen LogP) is 3.68. The lowest BCUT2D eigenvalue weighted by molar-refractivity contribution is -0.207. The Morgan fingerprint density at radius 1 is 1.05 bits per heavy atom. The molecule has 1 aromatic rings. The molecule has 1 unspecified atom stereocenters. The molecule has 41 heavy (non-hydrogen) atoms. The van der Waals surface area contributed by atoms with Crippen LogP contribution in [0.15, 0.2) is 30.0 Å². The summed E-state index contributed by atoms with van der Waals surface area (Å²) in [5.74, 6) is -4.94. The first kappa shape index (κ1) is 30.0. The lowest BCUT2D eigenvalue weighted by Crippen LogP contribution is -2.65. The number of aryl methyl sites for hydroxylation is 2. The van der Waals surface area contributed by atoms with E-state index in [1.165, 1.54) is 20.8 Å². The highest BCUT2D eigenvalue weighted by molar-refractivity contribution is 5.90. The number of carbonyl (C=O) groups excluding carboxylic acids is 5. The topological polar surface area (TPSA) is 132 Å². The van der Waals surface area contributed by atoms with Crippen LogP contribution in [0, 0.1) is 31.1 Å². The van der Waals surface area contributed by atoms with E-state index in [4.69, 9.17) is 23.7 Å². The fourth-order valence-electron chi connectivity index (χ4n) is 6.25. The van der Waals surface area contributed by atoms with Gasteiger partial charge >= 0.3 is 29.8 Å². The molecule has 1 fully saturated rings. The van der Waals surface area contributed by atoms with Crippen LogP contribution in [0.25, 0.3) is 5.57 Å². The van der Waals surface area contributed by atoms with Crippen LogP contribution in [0.1, 0.15) is 63.3 Å². The molecule has 0 aromatic heterocycles. The van der Waals surface area contributed by atoms with Gasteiger partial charge in [-0.2, -0.15) is 0 Å². The molecule has 6 atom stereocenters. The lowest BCUT2D eigenvalue weighted by Gasteiger charge is -2.57. The van der Waals surface area contributed by atoms with E-state index in [0.717, 1.165) is 16.7 Å². The Balaban J connectivity index is 2.13.